The van der Waals surface area contributed by atoms with Gasteiger partial charge in [0.05, 0.1) is 0 Å². The van der Waals surface area contributed by atoms with Crippen molar-refractivity contribution in [3.63, 3.8) is 0 Å². The summed E-state index contributed by atoms with van der Waals surface area (Å²) >= 11 is 0. The quantitative estimate of drug-likeness (QED) is 0.328. The van der Waals surface area contributed by atoms with Crippen LogP contribution < -0.4 is 0 Å². The van der Waals surface area contributed by atoms with E-state index in [1.165, 1.54) is 108 Å². The first-order valence-electron chi connectivity index (χ1n) is 13.1. The summed E-state index contributed by atoms with van der Waals surface area (Å²) in [7, 11) is 0. The smallest absolute Gasteiger partial charge is 0.0162 e. The highest BCUT2D eigenvalue weighted by molar-refractivity contribution is 5.66. The Labute approximate surface area is 181 Å². The second-order valence-corrected chi connectivity index (χ2v) is 10.1. The molecule has 29 heavy (non-hydrogen) atoms. The van der Waals surface area contributed by atoms with Gasteiger partial charge in [0, 0.05) is 0 Å². The molecule has 0 radical (unpaired) electrons. The van der Waals surface area contributed by atoms with Gasteiger partial charge in [0.25, 0.3) is 0 Å². The van der Waals surface area contributed by atoms with Crippen molar-refractivity contribution in [1.29, 1.82) is 0 Å². The van der Waals surface area contributed by atoms with Crippen molar-refractivity contribution in [2.24, 2.45) is 11.8 Å². The highest BCUT2D eigenvalue weighted by atomic mass is 14.3. The highest BCUT2D eigenvalue weighted by Gasteiger charge is 2.22. The first-order valence-corrected chi connectivity index (χ1v) is 13.1. The summed E-state index contributed by atoms with van der Waals surface area (Å²) in [6.07, 6.45) is 25.1. The molecule has 162 valence electrons. The lowest BCUT2D eigenvalue weighted by Crippen LogP contribution is -2.13. The van der Waals surface area contributed by atoms with Crippen molar-refractivity contribution in [3.05, 3.63) is 41.5 Å². The van der Waals surface area contributed by atoms with Gasteiger partial charge in [-0.2, -0.15) is 0 Å². The average Bonchev–Trinajstić information content (AvgIpc) is 2.78. The lowest BCUT2D eigenvalue weighted by Gasteiger charge is -2.29. The van der Waals surface area contributed by atoms with Gasteiger partial charge in [0.1, 0.15) is 0 Å². The van der Waals surface area contributed by atoms with Crippen molar-refractivity contribution in [2.75, 3.05) is 0 Å². The van der Waals surface area contributed by atoms with Crippen LogP contribution in [0.25, 0.3) is 5.57 Å². The molecule has 1 unspecified atom stereocenters. The van der Waals surface area contributed by atoms with Crippen LogP contribution in [0, 0.1) is 11.8 Å². The molecule has 3 rings (SSSR count). The molecule has 0 heteroatoms. The van der Waals surface area contributed by atoms with Crippen LogP contribution in [0.3, 0.4) is 0 Å². The van der Waals surface area contributed by atoms with Crippen LogP contribution in [-0.2, 0) is 0 Å². The van der Waals surface area contributed by atoms with Crippen LogP contribution in [-0.4, -0.2) is 0 Å². The average molecular weight is 395 g/mol. The van der Waals surface area contributed by atoms with Crippen molar-refractivity contribution >= 4 is 5.57 Å². The zero-order valence-electron chi connectivity index (χ0n) is 19.4. The Balaban J connectivity index is 1.41. The molecule has 1 saturated carbocycles. The normalized spacial score (nSPS) is 25.0. The SMILES string of the molecule is CCCCCCCCC1CC=C(c2ccc(C3CCC(CCC)CC3)cc2)CC1. The Hall–Kier alpha value is -1.04. The molecular formula is C29H46. The predicted octanol–water partition coefficient (Wildman–Crippen LogP) is 9.69. The van der Waals surface area contributed by atoms with Gasteiger partial charge in [-0.3, -0.25) is 0 Å². The molecule has 0 saturated heterocycles. The van der Waals surface area contributed by atoms with E-state index in [0.717, 1.165) is 17.8 Å². The second kappa shape index (κ2) is 12.6. The van der Waals surface area contributed by atoms with Crippen LogP contribution in [0.5, 0.6) is 0 Å². The predicted molar refractivity (Wildman–Crippen MR) is 129 cm³/mol. The van der Waals surface area contributed by atoms with E-state index in [4.69, 9.17) is 0 Å². The third-order valence-corrected chi connectivity index (χ3v) is 7.78. The molecule has 0 heterocycles. The van der Waals surface area contributed by atoms with Crippen molar-refractivity contribution in [3.8, 4) is 0 Å². The van der Waals surface area contributed by atoms with E-state index in [1.54, 1.807) is 11.1 Å². The maximum atomic E-state index is 2.57. The number of hydrogen-bond donors (Lipinski definition) is 0. The van der Waals surface area contributed by atoms with E-state index in [1.807, 2.05) is 0 Å². The van der Waals surface area contributed by atoms with Crippen LogP contribution in [0.2, 0.25) is 0 Å². The molecule has 0 amide bonds. The monoisotopic (exact) mass is 394 g/mol. The maximum absolute atomic E-state index is 2.57. The number of rotatable bonds is 11. The van der Waals surface area contributed by atoms with E-state index in [0.29, 0.717) is 0 Å². The summed E-state index contributed by atoms with van der Waals surface area (Å²) in [5, 5.41) is 0. The zero-order valence-corrected chi connectivity index (χ0v) is 19.4. The van der Waals surface area contributed by atoms with Crippen molar-refractivity contribution < 1.29 is 0 Å². The molecule has 0 aromatic heterocycles. The topological polar surface area (TPSA) is 0 Å². The molecule has 1 aromatic carbocycles. The van der Waals surface area contributed by atoms with Crippen LogP contribution in [0.15, 0.2) is 30.3 Å². The molecule has 0 bridgehead atoms. The minimum atomic E-state index is 0.819. The highest BCUT2D eigenvalue weighted by Crippen LogP contribution is 2.38. The molecule has 1 fully saturated rings. The van der Waals surface area contributed by atoms with E-state index in [2.05, 4.69) is 44.2 Å². The van der Waals surface area contributed by atoms with E-state index in [-0.39, 0.29) is 0 Å². The summed E-state index contributed by atoms with van der Waals surface area (Å²) in [4.78, 5) is 0. The summed E-state index contributed by atoms with van der Waals surface area (Å²) in [6.45, 7) is 4.64. The number of unbranched alkanes of at least 4 members (excludes halogenated alkanes) is 5. The Morgan fingerprint density at radius 2 is 1.41 bits per heavy atom. The minimum Gasteiger partial charge on any atom is -0.0804 e. The largest absolute Gasteiger partial charge is 0.0804 e. The Kier molecular flexibility index (Phi) is 9.84. The Bertz CT molecular complexity index is 585. The van der Waals surface area contributed by atoms with Crippen LogP contribution in [0.4, 0.5) is 0 Å². The van der Waals surface area contributed by atoms with Gasteiger partial charge in [-0.25, -0.2) is 0 Å². The molecular weight excluding hydrogens is 348 g/mol. The van der Waals surface area contributed by atoms with Crippen molar-refractivity contribution in [2.45, 2.75) is 122 Å². The summed E-state index contributed by atoms with van der Waals surface area (Å²) < 4.78 is 0. The van der Waals surface area contributed by atoms with Gasteiger partial charge in [-0.1, -0.05) is 102 Å². The van der Waals surface area contributed by atoms with Crippen molar-refractivity contribution in [1.82, 2.24) is 0 Å². The van der Waals surface area contributed by atoms with Gasteiger partial charge in [0.2, 0.25) is 0 Å². The molecule has 0 nitrogen and oxygen atoms in total. The van der Waals surface area contributed by atoms with Crippen LogP contribution >= 0.6 is 0 Å². The van der Waals surface area contributed by atoms with E-state index in [9.17, 15) is 0 Å². The van der Waals surface area contributed by atoms with Gasteiger partial charge in [0.15, 0.2) is 0 Å². The first kappa shape index (κ1) is 22.6. The zero-order chi connectivity index (χ0) is 20.3. The number of hydrogen-bond acceptors (Lipinski definition) is 0. The molecule has 0 aliphatic heterocycles. The Morgan fingerprint density at radius 1 is 0.690 bits per heavy atom. The standard InChI is InChI=1S/C29H46/c1-3-5-6-7-8-9-11-25-14-18-27(19-15-25)29-22-20-28(21-23-29)26-16-12-24(10-4-2)13-17-26/h18,20-26H,3-17,19H2,1-2H3. The molecule has 1 aromatic rings. The second-order valence-electron chi connectivity index (χ2n) is 10.1. The fourth-order valence-electron chi connectivity index (χ4n) is 5.79. The fourth-order valence-corrected chi connectivity index (χ4v) is 5.79. The third-order valence-electron chi connectivity index (χ3n) is 7.78. The molecule has 0 spiro atoms. The summed E-state index contributed by atoms with van der Waals surface area (Å²) in [5.74, 6) is 2.77. The van der Waals surface area contributed by atoms with E-state index >= 15 is 0 Å². The summed E-state index contributed by atoms with van der Waals surface area (Å²) in [6, 6.07) is 9.74. The molecule has 2 aliphatic carbocycles. The summed E-state index contributed by atoms with van der Waals surface area (Å²) in [5.41, 5.74) is 4.70. The molecule has 2 aliphatic rings. The lowest BCUT2D eigenvalue weighted by atomic mass is 9.77. The van der Waals surface area contributed by atoms with Crippen LogP contribution in [0.1, 0.15) is 134 Å². The Morgan fingerprint density at radius 3 is 2.07 bits per heavy atom. The fraction of sp³-hybridized carbons (Fsp3) is 0.724. The van der Waals surface area contributed by atoms with E-state index < -0.39 is 0 Å². The number of benzene rings is 1. The van der Waals surface area contributed by atoms with Gasteiger partial charge >= 0.3 is 0 Å². The lowest BCUT2D eigenvalue weighted by molar-refractivity contribution is 0.308. The minimum absolute atomic E-state index is 0.819. The third kappa shape index (κ3) is 7.30. The molecule has 0 N–H and O–H groups in total. The number of allylic oxidation sites excluding steroid dienone is 2. The van der Waals surface area contributed by atoms with Gasteiger partial charge in [-0.05, 0) is 79.4 Å². The maximum Gasteiger partial charge on any atom is -0.0162 e. The first-order chi connectivity index (χ1) is 14.3. The van der Waals surface area contributed by atoms with Gasteiger partial charge < -0.3 is 0 Å². The molecule has 1 atom stereocenters. The van der Waals surface area contributed by atoms with Gasteiger partial charge in [-0.15, -0.1) is 0 Å².